The number of ether oxygens (including phenoxy) is 1. The molecular formula is C21H28IN5O. The first kappa shape index (κ1) is 22.0. The van der Waals surface area contributed by atoms with E-state index in [4.69, 9.17) is 4.74 Å². The van der Waals surface area contributed by atoms with Gasteiger partial charge in [-0.25, -0.2) is 4.98 Å². The summed E-state index contributed by atoms with van der Waals surface area (Å²) in [4.78, 5) is 8.57. The van der Waals surface area contributed by atoms with Crippen molar-refractivity contribution >= 4 is 40.8 Å². The Labute approximate surface area is 183 Å². The Hall–Kier alpha value is -2.29. The Morgan fingerprint density at radius 1 is 1.14 bits per heavy atom. The minimum absolute atomic E-state index is 0. The first-order valence-corrected chi connectivity index (χ1v) is 9.37. The van der Waals surface area contributed by atoms with Crippen molar-refractivity contribution in [3.05, 3.63) is 60.4 Å². The van der Waals surface area contributed by atoms with Crippen LogP contribution >= 0.6 is 24.0 Å². The molecule has 28 heavy (non-hydrogen) atoms. The van der Waals surface area contributed by atoms with Crippen molar-refractivity contribution in [1.82, 2.24) is 20.2 Å². The average molecular weight is 493 g/mol. The highest BCUT2D eigenvalue weighted by molar-refractivity contribution is 14.0. The number of hydrogen-bond acceptors (Lipinski definition) is 3. The summed E-state index contributed by atoms with van der Waals surface area (Å²) < 4.78 is 7.85. The van der Waals surface area contributed by atoms with Gasteiger partial charge in [-0.15, -0.1) is 24.0 Å². The summed E-state index contributed by atoms with van der Waals surface area (Å²) >= 11 is 0. The second-order valence-corrected chi connectivity index (χ2v) is 6.17. The van der Waals surface area contributed by atoms with Crippen LogP contribution in [0.5, 0.6) is 5.88 Å². The van der Waals surface area contributed by atoms with Crippen LogP contribution in [0.25, 0.3) is 10.9 Å². The fourth-order valence-electron chi connectivity index (χ4n) is 3.02. The van der Waals surface area contributed by atoms with E-state index < -0.39 is 0 Å². The molecule has 2 N–H and O–H groups in total. The predicted octanol–water partition coefficient (Wildman–Crippen LogP) is 3.81. The Kier molecular flexibility index (Phi) is 9.06. The molecule has 0 fully saturated rings. The maximum atomic E-state index is 5.56. The van der Waals surface area contributed by atoms with Gasteiger partial charge in [0.2, 0.25) is 5.88 Å². The Balaban J connectivity index is 0.00000280. The van der Waals surface area contributed by atoms with Crippen molar-refractivity contribution < 1.29 is 4.74 Å². The zero-order chi connectivity index (χ0) is 18.9. The maximum Gasteiger partial charge on any atom is 0.218 e. The highest BCUT2D eigenvalue weighted by Gasteiger charge is 2.05. The van der Waals surface area contributed by atoms with Crippen molar-refractivity contribution in [2.45, 2.75) is 26.4 Å². The van der Waals surface area contributed by atoms with Crippen LogP contribution in [-0.4, -0.2) is 35.7 Å². The lowest BCUT2D eigenvalue weighted by atomic mass is 10.2. The number of aliphatic imine (C=N–C) groups is 1. The van der Waals surface area contributed by atoms with Gasteiger partial charge in [0.05, 0.1) is 6.61 Å². The lowest BCUT2D eigenvalue weighted by Gasteiger charge is -2.14. The molecule has 0 bridgehead atoms. The van der Waals surface area contributed by atoms with Crippen molar-refractivity contribution in [3.63, 3.8) is 0 Å². The van der Waals surface area contributed by atoms with E-state index in [0.29, 0.717) is 19.0 Å². The molecule has 0 aliphatic carbocycles. The molecule has 0 atom stereocenters. The Morgan fingerprint density at radius 3 is 2.82 bits per heavy atom. The van der Waals surface area contributed by atoms with Gasteiger partial charge < -0.3 is 19.9 Å². The van der Waals surface area contributed by atoms with Gasteiger partial charge in [-0.3, -0.25) is 4.99 Å². The number of aromatic nitrogens is 2. The lowest BCUT2D eigenvalue weighted by molar-refractivity contribution is 0.322. The van der Waals surface area contributed by atoms with E-state index in [-0.39, 0.29) is 24.0 Å². The van der Waals surface area contributed by atoms with Crippen LogP contribution in [-0.2, 0) is 13.1 Å². The number of nitrogens with zero attached hydrogens (tertiary/aromatic N) is 3. The van der Waals surface area contributed by atoms with Crippen LogP contribution in [0.2, 0.25) is 0 Å². The number of rotatable bonds is 8. The van der Waals surface area contributed by atoms with Crippen molar-refractivity contribution in [2.75, 3.05) is 20.2 Å². The highest BCUT2D eigenvalue weighted by atomic mass is 127. The number of aryl methyl sites for hydroxylation is 1. The van der Waals surface area contributed by atoms with Gasteiger partial charge in [0.15, 0.2) is 5.96 Å². The number of fused-ring (bicyclic) bond motifs is 1. The summed E-state index contributed by atoms with van der Waals surface area (Å²) in [7, 11) is 1.78. The monoisotopic (exact) mass is 493 g/mol. The van der Waals surface area contributed by atoms with Gasteiger partial charge in [-0.05, 0) is 36.9 Å². The molecule has 6 nitrogen and oxygen atoms in total. The maximum absolute atomic E-state index is 5.56. The van der Waals surface area contributed by atoms with E-state index in [1.807, 2.05) is 19.1 Å². The van der Waals surface area contributed by atoms with Crippen molar-refractivity contribution in [2.24, 2.45) is 4.99 Å². The summed E-state index contributed by atoms with van der Waals surface area (Å²) in [6, 6.07) is 14.5. The Bertz CT molecular complexity index is 893. The van der Waals surface area contributed by atoms with E-state index in [1.165, 1.54) is 10.9 Å². The topological polar surface area (TPSA) is 63.5 Å². The summed E-state index contributed by atoms with van der Waals surface area (Å²) in [6.07, 6.45) is 4.90. The van der Waals surface area contributed by atoms with Crippen LogP contribution in [0.15, 0.2) is 59.9 Å². The van der Waals surface area contributed by atoms with Crippen molar-refractivity contribution in [3.8, 4) is 5.88 Å². The van der Waals surface area contributed by atoms with Crippen molar-refractivity contribution in [1.29, 1.82) is 0 Å². The first-order chi connectivity index (χ1) is 13.3. The Morgan fingerprint density at radius 2 is 2.00 bits per heavy atom. The summed E-state index contributed by atoms with van der Waals surface area (Å²) in [5, 5.41) is 7.97. The van der Waals surface area contributed by atoms with Gasteiger partial charge in [0.25, 0.3) is 0 Å². The molecular weight excluding hydrogens is 465 g/mol. The van der Waals surface area contributed by atoms with E-state index in [9.17, 15) is 0 Å². The number of pyridine rings is 1. The highest BCUT2D eigenvalue weighted by Crippen LogP contribution is 2.15. The van der Waals surface area contributed by atoms with Gasteiger partial charge in [0, 0.05) is 50.2 Å². The fraction of sp³-hybridized carbons (Fsp3) is 0.333. The average Bonchev–Trinajstić information content (AvgIpc) is 3.12. The summed E-state index contributed by atoms with van der Waals surface area (Å²) in [6.45, 7) is 4.99. The summed E-state index contributed by atoms with van der Waals surface area (Å²) in [5.41, 5.74) is 2.29. The number of hydrogen-bond donors (Lipinski definition) is 2. The van der Waals surface area contributed by atoms with Crippen LogP contribution in [0.3, 0.4) is 0 Å². The molecule has 0 unspecified atom stereocenters. The smallest absolute Gasteiger partial charge is 0.218 e. The molecule has 0 saturated carbocycles. The second-order valence-electron chi connectivity index (χ2n) is 6.17. The SMILES string of the molecule is CCOc1ncccc1CNC(=NC)NCCCn1ccc2ccccc21.I. The predicted molar refractivity (Wildman–Crippen MR) is 126 cm³/mol. The standard InChI is InChI=1S/C21H27N5O.HI/c1-3-27-20-18(9-6-12-23-20)16-25-21(22-2)24-13-7-14-26-15-11-17-8-4-5-10-19(17)26;/h4-6,8-12,15H,3,7,13-14,16H2,1-2H3,(H2,22,24,25);1H. The number of para-hydroxylation sites is 1. The molecule has 0 saturated heterocycles. The normalized spacial score (nSPS) is 11.1. The molecule has 3 aromatic rings. The molecule has 0 radical (unpaired) electrons. The largest absolute Gasteiger partial charge is 0.478 e. The van der Waals surface area contributed by atoms with Crippen LogP contribution in [0, 0.1) is 0 Å². The quantitative estimate of drug-likeness (QED) is 0.217. The van der Waals surface area contributed by atoms with Crippen LogP contribution in [0.1, 0.15) is 18.9 Å². The fourth-order valence-corrected chi connectivity index (χ4v) is 3.02. The number of nitrogens with one attached hydrogen (secondary N) is 2. The zero-order valence-electron chi connectivity index (χ0n) is 16.4. The molecule has 2 heterocycles. The molecule has 0 aliphatic heterocycles. The van der Waals surface area contributed by atoms with Gasteiger partial charge >= 0.3 is 0 Å². The third-order valence-corrected chi connectivity index (χ3v) is 4.35. The minimum Gasteiger partial charge on any atom is -0.478 e. The number of guanidine groups is 1. The van der Waals surface area contributed by atoms with E-state index >= 15 is 0 Å². The number of benzene rings is 1. The molecule has 7 heteroatoms. The second kappa shape index (κ2) is 11.5. The van der Waals surface area contributed by atoms with E-state index in [1.54, 1.807) is 13.2 Å². The molecule has 2 aromatic heterocycles. The molecule has 1 aromatic carbocycles. The van der Waals surface area contributed by atoms with E-state index in [2.05, 4.69) is 61.7 Å². The third-order valence-electron chi connectivity index (χ3n) is 4.35. The molecule has 3 rings (SSSR count). The molecule has 0 aliphatic rings. The minimum atomic E-state index is 0. The zero-order valence-corrected chi connectivity index (χ0v) is 18.7. The van der Waals surface area contributed by atoms with Crippen LogP contribution < -0.4 is 15.4 Å². The van der Waals surface area contributed by atoms with E-state index in [0.717, 1.165) is 31.0 Å². The van der Waals surface area contributed by atoms with Gasteiger partial charge in [-0.1, -0.05) is 24.3 Å². The summed E-state index contributed by atoms with van der Waals surface area (Å²) in [5.74, 6) is 1.45. The van der Waals surface area contributed by atoms with Gasteiger partial charge in [-0.2, -0.15) is 0 Å². The third kappa shape index (κ3) is 5.85. The first-order valence-electron chi connectivity index (χ1n) is 9.37. The number of halogens is 1. The van der Waals surface area contributed by atoms with Gasteiger partial charge in [0.1, 0.15) is 0 Å². The molecule has 0 amide bonds. The molecule has 0 spiro atoms. The molecule has 150 valence electrons. The lowest BCUT2D eigenvalue weighted by Crippen LogP contribution is -2.37. The van der Waals surface area contributed by atoms with Crippen LogP contribution in [0.4, 0.5) is 0 Å².